The van der Waals surface area contributed by atoms with E-state index in [4.69, 9.17) is 9.56 Å². The first-order chi connectivity index (χ1) is 8.29. The van der Waals surface area contributed by atoms with Gasteiger partial charge in [0.15, 0.2) is 10.4 Å². The number of sulfonamides is 1. The molecule has 6 nitrogen and oxygen atoms in total. The van der Waals surface area contributed by atoms with E-state index in [2.05, 4.69) is 21.2 Å². The van der Waals surface area contributed by atoms with Crippen LogP contribution in [0.2, 0.25) is 0 Å². The number of nitrogens with two attached hydrogens (primary N) is 1. The van der Waals surface area contributed by atoms with Crippen molar-refractivity contribution >= 4 is 31.9 Å². The van der Waals surface area contributed by atoms with E-state index < -0.39 is 15.9 Å². The van der Waals surface area contributed by atoms with E-state index >= 15 is 0 Å². The van der Waals surface area contributed by atoms with Gasteiger partial charge in [0.25, 0.3) is 5.91 Å². The van der Waals surface area contributed by atoms with Crippen molar-refractivity contribution in [3.8, 4) is 0 Å². The number of halogens is 1. The summed E-state index contributed by atoms with van der Waals surface area (Å²) in [5, 5.41) is 7.71. The van der Waals surface area contributed by atoms with Crippen LogP contribution in [0.3, 0.4) is 0 Å². The summed E-state index contributed by atoms with van der Waals surface area (Å²) in [4.78, 5) is 11.6. The minimum Gasteiger partial charge on any atom is -0.443 e. The zero-order valence-electron chi connectivity index (χ0n) is 10.1. The second kappa shape index (κ2) is 5.85. The lowest BCUT2D eigenvalue weighted by Crippen LogP contribution is -2.33. The first kappa shape index (κ1) is 15.2. The quantitative estimate of drug-likeness (QED) is 0.851. The monoisotopic (exact) mass is 338 g/mol. The number of rotatable bonds is 5. The third-order valence-electron chi connectivity index (χ3n) is 2.51. The molecule has 1 aromatic heterocycles. The lowest BCUT2D eigenvalue weighted by Gasteiger charge is -2.12. The van der Waals surface area contributed by atoms with Crippen molar-refractivity contribution in [2.75, 3.05) is 0 Å². The Hall–Kier alpha value is -0.860. The van der Waals surface area contributed by atoms with Crippen LogP contribution in [0.15, 0.2) is 20.0 Å². The summed E-state index contributed by atoms with van der Waals surface area (Å²) in [6, 6.07) is 1.14. The first-order valence-electron chi connectivity index (χ1n) is 5.42. The number of primary sulfonamides is 1. The molecule has 102 valence electrons. The van der Waals surface area contributed by atoms with Gasteiger partial charge in [-0.15, -0.1) is 0 Å². The third-order valence-corrected chi connectivity index (χ3v) is 4.27. The highest BCUT2D eigenvalue weighted by Crippen LogP contribution is 2.25. The molecule has 0 radical (unpaired) electrons. The van der Waals surface area contributed by atoms with Crippen LogP contribution >= 0.6 is 15.9 Å². The largest absolute Gasteiger partial charge is 0.443 e. The van der Waals surface area contributed by atoms with Gasteiger partial charge in [0.2, 0.25) is 10.0 Å². The number of hydrogen-bond donors (Lipinski definition) is 2. The summed E-state index contributed by atoms with van der Waals surface area (Å²) in [5.74, 6) is -0.544. The Kier molecular flexibility index (Phi) is 4.94. The van der Waals surface area contributed by atoms with E-state index in [1.54, 1.807) is 0 Å². The summed E-state index contributed by atoms with van der Waals surface area (Å²) in [7, 11) is -3.91. The SMILES string of the molecule is CCC(CC)NC(=O)c1cc(S(N)(=O)=O)c(Br)o1. The highest BCUT2D eigenvalue weighted by Gasteiger charge is 2.22. The second-order valence-corrected chi connectivity index (χ2v) is 6.03. The maximum Gasteiger partial charge on any atom is 0.287 e. The number of carbonyl (C=O) groups excluding carboxylic acids is 1. The Labute approximate surface area is 114 Å². The molecule has 1 rings (SSSR count). The second-order valence-electron chi connectivity index (χ2n) is 3.78. The molecule has 18 heavy (non-hydrogen) atoms. The molecule has 8 heteroatoms. The third kappa shape index (κ3) is 3.56. The lowest BCUT2D eigenvalue weighted by atomic mass is 10.2. The van der Waals surface area contributed by atoms with Gasteiger partial charge >= 0.3 is 0 Å². The molecule has 1 amide bonds. The van der Waals surface area contributed by atoms with E-state index in [-0.39, 0.29) is 21.4 Å². The summed E-state index contributed by atoms with van der Waals surface area (Å²) in [6.07, 6.45) is 1.57. The van der Waals surface area contributed by atoms with Crippen LogP contribution in [0, 0.1) is 0 Å². The topological polar surface area (TPSA) is 102 Å². The molecule has 1 heterocycles. The molecular weight excluding hydrogens is 324 g/mol. The molecule has 0 aliphatic heterocycles. The van der Waals surface area contributed by atoms with Crippen molar-refractivity contribution in [1.29, 1.82) is 0 Å². The number of furan rings is 1. The summed E-state index contributed by atoms with van der Waals surface area (Å²) in [6.45, 7) is 3.89. The predicted octanol–water partition coefficient (Wildman–Crippen LogP) is 1.61. The minimum absolute atomic E-state index is 0.0271. The normalized spacial score (nSPS) is 11.8. The van der Waals surface area contributed by atoms with Gasteiger partial charge in [-0.25, -0.2) is 13.6 Å². The van der Waals surface area contributed by atoms with Crippen molar-refractivity contribution < 1.29 is 17.6 Å². The molecule has 0 unspecified atom stereocenters. The maximum absolute atomic E-state index is 11.8. The summed E-state index contributed by atoms with van der Waals surface area (Å²) >= 11 is 2.92. The molecule has 0 atom stereocenters. The van der Waals surface area contributed by atoms with Gasteiger partial charge in [0, 0.05) is 12.1 Å². The fourth-order valence-corrected chi connectivity index (χ4v) is 2.91. The van der Waals surface area contributed by atoms with Gasteiger partial charge in [0.05, 0.1) is 0 Å². The van der Waals surface area contributed by atoms with Crippen LogP contribution in [-0.2, 0) is 10.0 Å². The van der Waals surface area contributed by atoms with Crippen molar-refractivity contribution in [2.45, 2.75) is 37.6 Å². The molecule has 0 saturated carbocycles. The van der Waals surface area contributed by atoms with Crippen LogP contribution < -0.4 is 10.5 Å². The minimum atomic E-state index is -3.91. The molecule has 1 aromatic rings. The van der Waals surface area contributed by atoms with E-state index in [9.17, 15) is 13.2 Å². The smallest absolute Gasteiger partial charge is 0.287 e. The molecule has 3 N–H and O–H groups in total. The Bertz CT molecular complexity index is 534. The highest BCUT2D eigenvalue weighted by molar-refractivity contribution is 9.10. The van der Waals surface area contributed by atoms with Gasteiger partial charge in [-0.1, -0.05) is 13.8 Å². The molecule has 0 saturated heterocycles. The number of carbonyl (C=O) groups is 1. The van der Waals surface area contributed by atoms with Gasteiger partial charge in [-0.3, -0.25) is 4.79 Å². The Balaban J connectivity index is 2.95. The van der Waals surface area contributed by atoms with Crippen molar-refractivity contribution in [1.82, 2.24) is 5.32 Å². The van der Waals surface area contributed by atoms with Gasteiger partial charge in [0.1, 0.15) is 4.90 Å². The number of amides is 1. The highest BCUT2D eigenvalue weighted by atomic mass is 79.9. The molecule has 0 bridgehead atoms. The molecular formula is C10H15BrN2O4S. The number of nitrogens with one attached hydrogen (secondary N) is 1. The van der Waals surface area contributed by atoms with E-state index in [1.165, 1.54) is 0 Å². The van der Waals surface area contributed by atoms with Crippen LogP contribution in [0.1, 0.15) is 37.2 Å². The Morgan fingerprint density at radius 2 is 2.06 bits per heavy atom. The summed E-state index contributed by atoms with van der Waals surface area (Å²) in [5.41, 5.74) is 0. The fourth-order valence-electron chi connectivity index (χ4n) is 1.41. The lowest BCUT2D eigenvalue weighted by molar-refractivity contribution is 0.0905. The zero-order chi connectivity index (χ0) is 13.9. The van der Waals surface area contributed by atoms with Crippen molar-refractivity contribution in [3.05, 3.63) is 16.5 Å². The average molecular weight is 339 g/mol. The molecule has 0 aromatic carbocycles. The van der Waals surface area contributed by atoms with Gasteiger partial charge in [-0.2, -0.15) is 0 Å². The van der Waals surface area contributed by atoms with E-state index in [0.717, 1.165) is 18.9 Å². The fraction of sp³-hybridized carbons (Fsp3) is 0.500. The molecule has 0 aliphatic rings. The predicted molar refractivity (Wildman–Crippen MR) is 69.6 cm³/mol. The standard InChI is InChI=1S/C10H15BrN2O4S/c1-3-6(4-2)13-10(14)7-5-8(9(11)17-7)18(12,15)16/h5-6H,3-4H2,1-2H3,(H,13,14)(H2,12,15,16). The van der Waals surface area contributed by atoms with Crippen molar-refractivity contribution in [3.63, 3.8) is 0 Å². The Morgan fingerprint density at radius 1 is 1.50 bits per heavy atom. The van der Waals surface area contributed by atoms with E-state index in [0.29, 0.717) is 0 Å². The van der Waals surface area contributed by atoms with E-state index in [1.807, 2.05) is 13.8 Å². The van der Waals surface area contributed by atoms with Crippen LogP contribution in [0.5, 0.6) is 0 Å². The van der Waals surface area contributed by atoms with Crippen LogP contribution in [-0.4, -0.2) is 20.4 Å². The summed E-state index contributed by atoms with van der Waals surface area (Å²) < 4.78 is 27.3. The maximum atomic E-state index is 11.8. The zero-order valence-corrected chi connectivity index (χ0v) is 12.5. The molecule has 0 fully saturated rings. The van der Waals surface area contributed by atoms with Crippen LogP contribution in [0.4, 0.5) is 0 Å². The van der Waals surface area contributed by atoms with Crippen molar-refractivity contribution in [2.24, 2.45) is 5.14 Å². The average Bonchev–Trinajstić information content (AvgIpc) is 2.67. The number of hydrogen-bond acceptors (Lipinski definition) is 4. The molecule has 0 spiro atoms. The van der Waals surface area contributed by atoms with Gasteiger partial charge in [-0.05, 0) is 28.8 Å². The molecule has 0 aliphatic carbocycles. The van der Waals surface area contributed by atoms with Gasteiger partial charge < -0.3 is 9.73 Å². The first-order valence-corrected chi connectivity index (χ1v) is 7.76. The Morgan fingerprint density at radius 3 is 2.44 bits per heavy atom. The van der Waals surface area contributed by atoms with Crippen LogP contribution in [0.25, 0.3) is 0 Å².